The lowest BCUT2D eigenvalue weighted by Gasteiger charge is -2.16. The summed E-state index contributed by atoms with van der Waals surface area (Å²) in [4.78, 5) is 12.0. The van der Waals surface area contributed by atoms with Crippen LogP contribution in [0.5, 0.6) is 5.75 Å². The summed E-state index contributed by atoms with van der Waals surface area (Å²) in [6.07, 6.45) is -0.472. The molecule has 148 valence electrons. The predicted octanol–water partition coefficient (Wildman–Crippen LogP) is 3.81. The molecule has 8 nitrogen and oxygen atoms in total. The van der Waals surface area contributed by atoms with Gasteiger partial charge in [-0.1, -0.05) is 34.7 Å². The van der Waals surface area contributed by atoms with Crippen molar-refractivity contribution in [2.75, 3.05) is 11.1 Å². The van der Waals surface area contributed by atoms with Gasteiger partial charge in [0.25, 0.3) is 0 Å². The molecule has 1 aromatic carbocycles. The molecule has 0 bridgehead atoms. The molecule has 0 spiro atoms. The maximum atomic E-state index is 13.2. The molecule has 0 saturated heterocycles. The summed E-state index contributed by atoms with van der Waals surface area (Å²) in [5.74, 6) is 0.432. The number of amides is 1. The monoisotopic (exact) mass is 442 g/mol. The zero-order valence-electron chi connectivity index (χ0n) is 14.9. The minimum atomic E-state index is -0.472. The topological polar surface area (TPSA) is 94.8 Å². The van der Waals surface area contributed by atoms with Gasteiger partial charge in [-0.15, -0.1) is 20.4 Å². The Morgan fingerprint density at radius 2 is 2.25 bits per heavy atom. The number of benzene rings is 1. The van der Waals surface area contributed by atoms with E-state index in [2.05, 4.69) is 25.7 Å². The van der Waals surface area contributed by atoms with Gasteiger partial charge in [-0.3, -0.25) is 10.1 Å². The fourth-order valence-corrected chi connectivity index (χ4v) is 3.81. The SMILES string of the molecule is CCn1c(SCC(=O)Nc2nncs2)nnc1[C@@H](C)Oc1ccc(F)cc1Cl. The number of thioether (sulfide) groups is 1. The van der Waals surface area contributed by atoms with Crippen molar-refractivity contribution in [1.82, 2.24) is 25.0 Å². The normalized spacial score (nSPS) is 12.0. The molecule has 0 aliphatic carbocycles. The van der Waals surface area contributed by atoms with Crippen molar-refractivity contribution in [1.29, 1.82) is 0 Å². The number of carbonyl (C=O) groups excluding carboxylic acids is 1. The first kappa shape index (κ1) is 20.5. The van der Waals surface area contributed by atoms with E-state index in [0.717, 1.165) is 0 Å². The molecule has 3 rings (SSSR count). The zero-order chi connectivity index (χ0) is 20.1. The fraction of sp³-hybridized carbons (Fsp3) is 0.312. The Bertz CT molecular complexity index is 953. The summed E-state index contributed by atoms with van der Waals surface area (Å²) in [5.41, 5.74) is 1.54. The molecule has 28 heavy (non-hydrogen) atoms. The molecular weight excluding hydrogens is 427 g/mol. The van der Waals surface area contributed by atoms with E-state index in [1.165, 1.54) is 46.8 Å². The Morgan fingerprint density at radius 1 is 1.43 bits per heavy atom. The van der Waals surface area contributed by atoms with Gasteiger partial charge < -0.3 is 9.30 Å². The van der Waals surface area contributed by atoms with Crippen LogP contribution in [0.3, 0.4) is 0 Å². The molecule has 1 N–H and O–H groups in total. The lowest BCUT2D eigenvalue weighted by atomic mass is 10.3. The maximum Gasteiger partial charge on any atom is 0.236 e. The van der Waals surface area contributed by atoms with E-state index in [1.54, 1.807) is 6.92 Å². The molecule has 0 radical (unpaired) electrons. The predicted molar refractivity (Wildman–Crippen MR) is 105 cm³/mol. The highest BCUT2D eigenvalue weighted by molar-refractivity contribution is 7.99. The fourth-order valence-electron chi connectivity index (χ4n) is 2.33. The number of hydrogen-bond acceptors (Lipinski definition) is 8. The van der Waals surface area contributed by atoms with Gasteiger partial charge in [0.05, 0.1) is 10.8 Å². The van der Waals surface area contributed by atoms with Crippen molar-refractivity contribution in [2.45, 2.75) is 31.7 Å². The number of halogens is 2. The van der Waals surface area contributed by atoms with Gasteiger partial charge in [0.15, 0.2) is 17.1 Å². The van der Waals surface area contributed by atoms with Crippen LogP contribution in [-0.2, 0) is 11.3 Å². The van der Waals surface area contributed by atoms with E-state index in [-0.39, 0.29) is 16.7 Å². The van der Waals surface area contributed by atoms with E-state index in [4.69, 9.17) is 16.3 Å². The lowest BCUT2D eigenvalue weighted by Crippen LogP contribution is -2.15. The number of hydrogen-bond donors (Lipinski definition) is 1. The number of ether oxygens (including phenoxy) is 1. The minimum absolute atomic E-state index is 0.150. The second-order valence-corrected chi connectivity index (χ2v) is 7.68. The summed E-state index contributed by atoms with van der Waals surface area (Å²) < 4.78 is 20.9. The quantitative estimate of drug-likeness (QED) is 0.530. The van der Waals surface area contributed by atoms with Crippen molar-refractivity contribution < 1.29 is 13.9 Å². The summed E-state index contributed by atoms with van der Waals surface area (Å²) in [6, 6.07) is 3.93. The molecule has 0 unspecified atom stereocenters. The van der Waals surface area contributed by atoms with Crippen molar-refractivity contribution in [3.05, 3.63) is 40.4 Å². The van der Waals surface area contributed by atoms with E-state index in [0.29, 0.717) is 28.4 Å². The highest BCUT2D eigenvalue weighted by atomic mass is 35.5. The standard InChI is InChI=1S/C16H16ClFN6O2S2/c1-3-24-14(9(2)26-12-5-4-10(18)6-11(12)17)21-23-16(24)27-7-13(25)20-15-22-19-8-28-15/h4-6,8-9H,3,7H2,1-2H3,(H,20,22,25)/t9-/m1/s1. The molecular formula is C16H16ClFN6O2S2. The molecule has 0 saturated carbocycles. The second kappa shape index (κ2) is 9.30. The Hall–Kier alpha value is -2.24. The third-order valence-corrected chi connectivity index (χ3v) is 5.43. The molecule has 0 aliphatic heterocycles. The van der Waals surface area contributed by atoms with Crippen molar-refractivity contribution in [3.8, 4) is 5.75 Å². The maximum absolute atomic E-state index is 13.2. The summed E-state index contributed by atoms with van der Waals surface area (Å²) >= 11 is 8.52. The van der Waals surface area contributed by atoms with Gasteiger partial charge in [0.1, 0.15) is 17.1 Å². The highest BCUT2D eigenvalue weighted by Gasteiger charge is 2.20. The third kappa shape index (κ3) is 4.97. The van der Waals surface area contributed by atoms with Gasteiger partial charge in [-0.2, -0.15) is 0 Å². The van der Waals surface area contributed by atoms with E-state index >= 15 is 0 Å². The number of rotatable bonds is 8. The van der Waals surface area contributed by atoms with E-state index < -0.39 is 11.9 Å². The molecule has 2 aromatic heterocycles. The lowest BCUT2D eigenvalue weighted by molar-refractivity contribution is -0.113. The molecule has 1 atom stereocenters. The largest absolute Gasteiger partial charge is 0.481 e. The minimum Gasteiger partial charge on any atom is -0.481 e. The van der Waals surface area contributed by atoms with E-state index in [1.807, 2.05) is 11.5 Å². The highest BCUT2D eigenvalue weighted by Crippen LogP contribution is 2.30. The van der Waals surface area contributed by atoms with Crippen molar-refractivity contribution in [3.63, 3.8) is 0 Å². The van der Waals surface area contributed by atoms with Crippen LogP contribution in [0.2, 0.25) is 5.02 Å². The molecule has 2 heterocycles. The van der Waals surface area contributed by atoms with Crippen LogP contribution in [0.15, 0.2) is 28.9 Å². The van der Waals surface area contributed by atoms with Crippen molar-refractivity contribution in [2.24, 2.45) is 0 Å². The van der Waals surface area contributed by atoms with Crippen LogP contribution in [0.25, 0.3) is 0 Å². The van der Waals surface area contributed by atoms with Gasteiger partial charge in [-0.25, -0.2) is 4.39 Å². The Morgan fingerprint density at radius 3 is 2.93 bits per heavy atom. The number of nitrogens with zero attached hydrogens (tertiary/aromatic N) is 5. The molecule has 3 aromatic rings. The first-order chi connectivity index (χ1) is 13.5. The van der Waals surface area contributed by atoms with Gasteiger partial charge in [0, 0.05) is 6.54 Å². The molecule has 0 aliphatic rings. The zero-order valence-corrected chi connectivity index (χ0v) is 17.3. The number of anilines is 1. The molecule has 1 amide bonds. The Balaban J connectivity index is 1.66. The second-order valence-electron chi connectivity index (χ2n) is 5.50. The third-order valence-electron chi connectivity index (χ3n) is 3.56. The summed E-state index contributed by atoms with van der Waals surface area (Å²) in [7, 11) is 0. The number of carbonyl (C=O) groups is 1. The molecule has 0 fully saturated rings. The van der Waals surface area contributed by atoms with Gasteiger partial charge in [-0.05, 0) is 32.0 Å². The van der Waals surface area contributed by atoms with E-state index in [9.17, 15) is 9.18 Å². The number of nitrogens with one attached hydrogen (secondary N) is 1. The average Bonchev–Trinajstić information content (AvgIpc) is 3.31. The average molecular weight is 443 g/mol. The van der Waals surface area contributed by atoms with Gasteiger partial charge >= 0.3 is 0 Å². The first-order valence-corrected chi connectivity index (χ1v) is 10.5. The van der Waals surface area contributed by atoms with Crippen LogP contribution in [0, 0.1) is 5.82 Å². The Kier molecular flexibility index (Phi) is 6.81. The number of aromatic nitrogens is 5. The van der Waals surface area contributed by atoms with Crippen LogP contribution in [0.4, 0.5) is 9.52 Å². The smallest absolute Gasteiger partial charge is 0.236 e. The van der Waals surface area contributed by atoms with Crippen LogP contribution >= 0.6 is 34.7 Å². The summed E-state index contributed by atoms with van der Waals surface area (Å²) in [6.45, 7) is 4.33. The van der Waals surface area contributed by atoms with Crippen molar-refractivity contribution >= 4 is 45.7 Å². The van der Waals surface area contributed by atoms with Crippen LogP contribution in [-0.4, -0.2) is 36.6 Å². The Labute approximate surface area is 173 Å². The summed E-state index contributed by atoms with van der Waals surface area (Å²) in [5, 5.41) is 19.6. The van der Waals surface area contributed by atoms with Gasteiger partial charge in [0.2, 0.25) is 11.0 Å². The van der Waals surface area contributed by atoms with Crippen LogP contribution < -0.4 is 10.1 Å². The van der Waals surface area contributed by atoms with Crippen LogP contribution in [0.1, 0.15) is 25.8 Å². The molecule has 12 heteroatoms. The first-order valence-electron chi connectivity index (χ1n) is 8.21.